The monoisotopic (exact) mass is 361 g/mol. The minimum atomic E-state index is -0.274. The number of benzene rings is 2. The lowest BCUT2D eigenvalue weighted by molar-refractivity contribution is 0.102. The molecule has 138 valence electrons. The number of carbonyl (C=O) groups is 1. The maximum atomic E-state index is 12.5. The lowest BCUT2D eigenvalue weighted by Gasteiger charge is -2.14. The molecule has 1 amide bonds. The predicted molar refractivity (Wildman–Crippen MR) is 108 cm³/mol. The standard InChI is InChI=1S/C22H23N3O2/c1-16(2)27-21-11-7-6-10-19(21)25-22(26)20-13-12-18(15-24-20)23-14-17-8-4-3-5-9-17/h3-13,15-16,23H,14H2,1-2H3,(H,25,26). The molecule has 0 saturated heterocycles. The van der Waals surface area contributed by atoms with Gasteiger partial charge < -0.3 is 15.4 Å². The first-order valence-corrected chi connectivity index (χ1v) is 8.92. The van der Waals surface area contributed by atoms with Crippen molar-refractivity contribution < 1.29 is 9.53 Å². The number of ether oxygens (including phenoxy) is 1. The summed E-state index contributed by atoms with van der Waals surface area (Å²) >= 11 is 0. The van der Waals surface area contributed by atoms with Crippen molar-refractivity contribution in [2.75, 3.05) is 10.6 Å². The molecule has 3 aromatic rings. The van der Waals surface area contributed by atoms with E-state index in [0.29, 0.717) is 23.7 Å². The van der Waals surface area contributed by atoms with Gasteiger partial charge in [0.15, 0.2) is 0 Å². The first kappa shape index (κ1) is 18.5. The molecule has 1 aromatic heterocycles. The smallest absolute Gasteiger partial charge is 0.274 e. The lowest BCUT2D eigenvalue weighted by atomic mass is 10.2. The molecule has 3 rings (SSSR count). The number of aromatic nitrogens is 1. The highest BCUT2D eigenvalue weighted by atomic mass is 16.5. The molecular weight excluding hydrogens is 338 g/mol. The van der Waals surface area contributed by atoms with Gasteiger partial charge in [-0.25, -0.2) is 4.98 Å². The maximum absolute atomic E-state index is 12.5. The van der Waals surface area contributed by atoms with E-state index < -0.39 is 0 Å². The number of anilines is 2. The van der Waals surface area contributed by atoms with Crippen LogP contribution < -0.4 is 15.4 Å². The van der Waals surface area contributed by atoms with Gasteiger partial charge in [0.2, 0.25) is 0 Å². The van der Waals surface area contributed by atoms with E-state index in [1.807, 2.05) is 62.4 Å². The number of hydrogen-bond donors (Lipinski definition) is 2. The largest absolute Gasteiger partial charge is 0.489 e. The van der Waals surface area contributed by atoms with E-state index in [9.17, 15) is 4.79 Å². The third-order valence-corrected chi connectivity index (χ3v) is 3.83. The van der Waals surface area contributed by atoms with Gasteiger partial charge in [0.25, 0.3) is 5.91 Å². The molecule has 2 N–H and O–H groups in total. The summed E-state index contributed by atoms with van der Waals surface area (Å²) in [6.45, 7) is 4.59. The van der Waals surface area contributed by atoms with Crippen molar-refractivity contribution >= 4 is 17.3 Å². The third-order valence-electron chi connectivity index (χ3n) is 3.83. The van der Waals surface area contributed by atoms with Crippen molar-refractivity contribution in [2.45, 2.75) is 26.5 Å². The lowest BCUT2D eigenvalue weighted by Crippen LogP contribution is -2.15. The SMILES string of the molecule is CC(C)Oc1ccccc1NC(=O)c1ccc(NCc2ccccc2)cn1. The first-order valence-electron chi connectivity index (χ1n) is 8.92. The number of carbonyl (C=O) groups excluding carboxylic acids is 1. The van der Waals surface area contributed by atoms with Crippen LogP contribution in [0.15, 0.2) is 72.9 Å². The van der Waals surface area contributed by atoms with Crippen LogP contribution >= 0.6 is 0 Å². The fourth-order valence-electron chi connectivity index (χ4n) is 2.55. The summed E-state index contributed by atoms with van der Waals surface area (Å²) < 4.78 is 5.73. The molecule has 1 heterocycles. The summed E-state index contributed by atoms with van der Waals surface area (Å²) in [4.78, 5) is 16.8. The molecule has 0 unspecified atom stereocenters. The van der Waals surface area contributed by atoms with Crippen LogP contribution in [0.4, 0.5) is 11.4 Å². The molecule has 0 aliphatic carbocycles. The van der Waals surface area contributed by atoms with Crippen molar-refractivity contribution in [2.24, 2.45) is 0 Å². The molecule has 0 radical (unpaired) electrons. The molecule has 0 bridgehead atoms. The molecule has 0 saturated carbocycles. The Morgan fingerprint density at radius 3 is 2.44 bits per heavy atom. The summed E-state index contributed by atoms with van der Waals surface area (Å²) in [6.07, 6.45) is 1.69. The zero-order valence-corrected chi connectivity index (χ0v) is 15.5. The van der Waals surface area contributed by atoms with Gasteiger partial charge in [-0.1, -0.05) is 42.5 Å². The second-order valence-corrected chi connectivity index (χ2v) is 6.39. The Balaban J connectivity index is 1.62. The van der Waals surface area contributed by atoms with E-state index in [4.69, 9.17) is 4.74 Å². The topological polar surface area (TPSA) is 63.2 Å². The number of nitrogens with zero attached hydrogens (tertiary/aromatic N) is 1. The zero-order valence-electron chi connectivity index (χ0n) is 15.5. The van der Waals surface area contributed by atoms with Gasteiger partial charge in [-0.05, 0) is 43.7 Å². The molecule has 5 heteroatoms. The Kier molecular flexibility index (Phi) is 6.05. The predicted octanol–water partition coefficient (Wildman–Crippen LogP) is 4.73. The number of para-hydroxylation sites is 2. The van der Waals surface area contributed by atoms with Crippen LogP contribution in [-0.2, 0) is 6.54 Å². The van der Waals surface area contributed by atoms with Crippen LogP contribution in [0.1, 0.15) is 29.9 Å². The van der Waals surface area contributed by atoms with Crippen molar-refractivity contribution in [3.05, 3.63) is 84.2 Å². The third kappa shape index (κ3) is 5.31. The Bertz CT molecular complexity index is 878. The van der Waals surface area contributed by atoms with Gasteiger partial charge in [-0.3, -0.25) is 4.79 Å². The Morgan fingerprint density at radius 2 is 1.74 bits per heavy atom. The average molecular weight is 361 g/mol. The highest BCUT2D eigenvalue weighted by Gasteiger charge is 2.11. The first-order chi connectivity index (χ1) is 13.1. The van der Waals surface area contributed by atoms with E-state index in [0.717, 1.165) is 5.69 Å². The Labute approximate surface area is 159 Å². The molecule has 0 spiro atoms. The highest BCUT2D eigenvalue weighted by Crippen LogP contribution is 2.25. The minimum absolute atomic E-state index is 0.0242. The van der Waals surface area contributed by atoms with Crippen molar-refractivity contribution in [3.8, 4) is 5.75 Å². The fraction of sp³-hybridized carbons (Fsp3) is 0.182. The van der Waals surface area contributed by atoms with Crippen molar-refractivity contribution in [1.29, 1.82) is 0 Å². The normalized spacial score (nSPS) is 10.5. The molecule has 0 atom stereocenters. The van der Waals surface area contributed by atoms with Crippen LogP contribution in [0, 0.1) is 0 Å². The summed E-state index contributed by atoms with van der Waals surface area (Å²) in [6, 6.07) is 21.0. The van der Waals surface area contributed by atoms with Crippen molar-refractivity contribution in [1.82, 2.24) is 4.98 Å². The van der Waals surface area contributed by atoms with Gasteiger partial charge in [-0.2, -0.15) is 0 Å². The van der Waals surface area contributed by atoms with E-state index in [1.165, 1.54) is 5.56 Å². The molecular formula is C22H23N3O2. The Morgan fingerprint density at radius 1 is 1.00 bits per heavy atom. The molecule has 5 nitrogen and oxygen atoms in total. The number of rotatable bonds is 7. The quantitative estimate of drug-likeness (QED) is 0.638. The number of nitrogens with one attached hydrogen (secondary N) is 2. The van der Waals surface area contributed by atoms with E-state index in [-0.39, 0.29) is 12.0 Å². The van der Waals surface area contributed by atoms with E-state index in [1.54, 1.807) is 12.3 Å². The highest BCUT2D eigenvalue weighted by molar-refractivity contribution is 6.03. The molecule has 0 aliphatic rings. The second-order valence-electron chi connectivity index (χ2n) is 6.39. The van der Waals surface area contributed by atoms with E-state index >= 15 is 0 Å². The average Bonchev–Trinajstić information content (AvgIpc) is 2.69. The maximum Gasteiger partial charge on any atom is 0.274 e. The number of hydrogen-bond acceptors (Lipinski definition) is 4. The van der Waals surface area contributed by atoms with Crippen LogP contribution in [-0.4, -0.2) is 17.0 Å². The minimum Gasteiger partial charge on any atom is -0.489 e. The summed E-state index contributed by atoms with van der Waals surface area (Å²) in [5.41, 5.74) is 3.02. The summed E-state index contributed by atoms with van der Waals surface area (Å²) in [7, 11) is 0. The van der Waals surface area contributed by atoms with E-state index in [2.05, 4.69) is 27.8 Å². The molecule has 2 aromatic carbocycles. The second kappa shape index (κ2) is 8.85. The molecule has 27 heavy (non-hydrogen) atoms. The summed E-state index contributed by atoms with van der Waals surface area (Å²) in [5.74, 6) is 0.367. The van der Waals surface area contributed by atoms with Gasteiger partial charge >= 0.3 is 0 Å². The van der Waals surface area contributed by atoms with Gasteiger partial charge in [0, 0.05) is 6.54 Å². The number of pyridine rings is 1. The van der Waals surface area contributed by atoms with Gasteiger partial charge in [-0.15, -0.1) is 0 Å². The summed E-state index contributed by atoms with van der Waals surface area (Å²) in [5, 5.41) is 6.16. The van der Waals surface area contributed by atoms with Gasteiger partial charge in [0.05, 0.1) is 23.7 Å². The number of amides is 1. The molecule has 0 aliphatic heterocycles. The molecule has 0 fully saturated rings. The fourth-order valence-corrected chi connectivity index (χ4v) is 2.55. The van der Waals surface area contributed by atoms with Crippen LogP contribution in [0.25, 0.3) is 0 Å². The van der Waals surface area contributed by atoms with Gasteiger partial charge in [0.1, 0.15) is 11.4 Å². The van der Waals surface area contributed by atoms with Crippen LogP contribution in [0.3, 0.4) is 0 Å². The van der Waals surface area contributed by atoms with Crippen LogP contribution in [0.2, 0.25) is 0 Å². The van der Waals surface area contributed by atoms with Crippen LogP contribution in [0.5, 0.6) is 5.75 Å². The Hall–Kier alpha value is -3.34. The van der Waals surface area contributed by atoms with Crippen molar-refractivity contribution in [3.63, 3.8) is 0 Å². The zero-order chi connectivity index (χ0) is 19.1.